The van der Waals surface area contributed by atoms with Crippen LogP contribution in [0, 0.1) is 0 Å². The molecular weight excluding hydrogens is 250 g/mol. The lowest BCUT2D eigenvalue weighted by Crippen LogP contribution is -2.48. The maximum absolute atomic E-state index is 12.1. The number of carbonyl (C=O) groups excluding carboxylic acids is 2. The molecule has 7 heteroatoms. The Hall–Kier alpha value is -1.18. The van der Waals surface area contributed by atoms with E-state index >= 15 is 0 Å². The molecule has 7 nitrogen and oxygen atoms in total. The molecule has 1 fully saturated rings. The van der Waals surface area contributed by atoms with Gasteiger partial charge < -0.3 is 25.0 Å². The molecule has 0 saturated carbocycles. The van der Waals surface area contributed by atoms with E-state index in [0.717, 1.165) is 13.0 Å². The van der Waals surface area contributed by atoms with E-state index in [2.05, 4.69) is 5.32 Å². The van der Waals surface area contributed by atoms with E-state index in [1.165, 1.54) is 12.0 Å². The second kappa shape index (κ2) is 8.84. The highest BCUT2D eigenvalue weighted by molar-refractivity contribution is 6.34. The van der Waals surface area contributed by atoms with Crippen molar-refractivity contribution in [1.82, 2.24) is 15.1 Å². The molecule has 0 aliphatic carbocycles. The quantitative estimate of drug-likeness (QED) is 0.582. The third-order valence-electron chi connectivity index (χ3n) is 3.03. The van der Waals surface area contributed by atoms with Crippen molar-refractivity contribution in [1.29, 1.82) is 0 Å². The number of carbonyl (C=O) groups is 2. The first-order valence-corrected chi connectivity index (χ1v) is 6.59. The molecule has 2 amide bonds. The molecule has 110 valence electrons. The molecule has 0 aromatic rings. The fourth-order valence-corrected chi connectivity index (χ4v) is 1.96. The van der Waals surface area contributed by atoms with Crippen molar-refractivity contribution in [3.8, 4) is 0 Å². The molecule has 0 atom stereocenters. The van der Waals surface area contributed by atoms with Gasteiger partial charge in [0.2, 0.25) is 0 Å². The first-order valence-electron chi connectivity index (χ1n) is 6.59. The Kier molecular flexibility index (Phi) is 7.39. The number of rotatable bonds is 5. The van der Waals surface area contributed by atoms with Gasteiger partial charge in [0, 0.05) is 39.8 Å². The molecule has 2 N–H and O–H groups in total. The number of hydrogen-bond donors (Lipinski definition) is 2. The Bertz CT molecular complexity index is 291. The lowest BCUT2D eigenvalue weighted by Gasteiger charge is -2.25. The highest BCUT2D eigenvalue weighted by atomic mass is 16.5. The fraction of sp³-hybridized carbons (Fsp3) is 0.833. The van der Waals surface area contributed by atoms with Gasteiger partial charge in [0.15, 0.2) is 0 Å². The Morgan fingerprint density at radius 3 is 2.79 bits per heavy atom. The zero-order valence-electron chi connectivity index (χ0n) is 11.4. The van der Waals surface area contributed by atoms with Crippen molar-refractivity contribution in [2.75, 3.05) is 59.6 Å². The zero-order valence-corrected chi connectivity index (χ0v) is 11.4. The number of aliphatic hydroxyl groups excluding tert-OH is 1. The Balaban J connectivity index is 2.57. The Morgan fingerprint density at radius 2 is 2.11 bits per heavy atom. The van der Waals surface area contributed by atoms with E-state index in [4.69, 9.17) is 9.84 Å². The second-order valence-corrected chi connectivity index (χ2v) is 4.40. The summed E-state index contributed by atoms with van der Waals surface area (Å²) in [6.07, 6.45) is 0.844. The van der Waals surface area contributed by atoms with Crippen molar-refractivity contribution < 1.29 is 19.4 Å². The number of ether oxygens (including phenoxy) is 1. The first kappa shape index (κ1) is 15.9. The predicted molar refractivity (Wildman–Crippen MR) is 69.6 cm³/mol. The second-order valence-electron chi connectivity index (χ2n) is 4.40. The summed E-state index contributed by atoms with van der Waals surface area (Å²) in [5, 5.41) is 12.1. The van der Waals surface area contributed by atoms with Crippen LogP contribution >= 0.6 is 0 Å². The maximum Gasteiger partial charge on any atom is 0.312 e. The van der Waals surface area contributed by atoms with Crippen LogP contribution < -0.4 is 5.32 Å². The Morgan fingerprint density at radius 1 is 1.32 bits per heavy atom. The molecule has 0 spiro atoms. The average molecular weight is 273 g/mol. The predicted octanol–water partition coefficient (Wildman–Crippen LogP) is -1.72. The fourth-order valence-electron chi connectivity index (χ4n) is 1.96. The van der Waals surface area contributed by atoms with Crippen LogP contribution in [0.4, 0.5) is 0 Å². The summed E-state index contributed by atoms with van der Waals surface area (Å²) >= 11 is 0. The molecule has 1 aliphatic heterocycles. The monoisotopic (exact) mass is 273 g/mol. The standard InChI is InChI=1S/C12H23N3O4/c1-19-10-8-15(7-9-16)12(18)11(17)14-5-2-3-13-4-6-14/h13,16H,2-10H2,1H3. The minimum Gasteiger partial charge on any atom is -0.395 e. The van der Waals surface area contributed by atoms with Gasteiger partial charge in [-0.25, -0.2) is 0 Å². The SMILES string of the molecule is COCCN(CCO)C(=O)C(=O)N1CCCNCC1. The number of amides is 2. The van der Waals surface area contributed by atoms with Gasteiger partial charge in [-0.3, -0.25) is 9.59 Å². The largest absolute Gasteiger partial charge is 0.395 e. The normalized spacial score (nSPS) is 16.0. The molecule has 1 saturated heterocycles. The van der Waals surface area contributed by atoms with Gasteiger partial charge >= 0.3 is 11.8 Å². The smallest absolute Gasteiger partial charge is 0.312 e. The summed E-state index contributed by atoms with van der Waals surface area (Å²) in [5.74, 6) is -1.05. The molecule has 1 heterocycles. The maximum atomic E-state index is 12.1. The minimum atomic E-state index is -0.562. The summed E-state index contributed by atoms with van der Waals surface area (Å²) in [5.41, 5.74) is 0. The minimum absolute atomic E-state index is 0.153. The summed E-state index contributed by atoms with van der Waals surface area (Å²) in [7, 11) is 1.53. The zero-order chi connectivity index (χ0) is 14.1. The molecule has 0 aromatic heterocycles. The van der Waals surface area contributed by atoms with Crippen LogP contribution in [0.2, 0.25) is 0 Å². The topological polar surface area (TPSA) is 82.1 Å². The van der Waals surface area contributed by atoms with Crippen molar-refractivity contribution in [2.24, 2.45) is 0 Å². The van der Waals surface area contributed by atoms with Crippen LogP contribution in [0.15, 0.2) is 0 Å². The van der Waals surface area contributed by atoms with Crippen LogP contribution in [0.1, 0.15) is 6.42 Å². The van der Waals surface area contributed by atoms with Crippen LogP contribution in [-0.4, -0.2) is 86.3 Å². The molecule has 1 aliphatic rings. The summed E-state index contributed by atoms with van der Waals surface area (Å²) in [4.78, 5) is 27.1. The van der Waals surface area contributed by atoms with E-state index in [-0.39, 0.29) is 13.2 Å². The lowest BCUT2D eigenvalue weighted by atomic mass is 10.3. The van der Waals surface area contributed by atoms with E-state index in [1.807, 2.05) is 0 Å². The van der Waals surface area contributed by atoms with Gasteiger partial charge in [0.1, 0.15) is 0 Å². The third-order valence-corrected chi connectivity index (χ3v) is 3.03. The number of nitrogens with one attached hydrogen (secondary N) is 1. The van der Waals surface area contributed by atoms with Crippen molar-refractivity contribution in [3.05, 3.63) is 0 Å². The molecule has 0 bridgehead atoms. The average Bonchev–Trinajstić information content (AvgIpc) is 2.70. The Labute approximate surface area is 113 Å². The van der Waals surface area contributed by atoms with Crippen molar-refractivity contribution in [2.45, 2.75) is 6.42 Å². The molecule has 1 rings (SSSR count). The number of hydrogen-bond acceptors (Lipinski definition) is 5. The van der Waals surface area contributed by atoms with Crippen molar-refractivity contribution >= 4 is 11.8 Å². The summed E-state index contributed by atoms with van der Waals surface area (Å²) in [6, 6.07) is 0. The molecule has 0 aromatic carbocycles. The van der Waals surface area contributed by atoms with Gasteiger partial charge in [0.05, 0.1) is 13.2 Å². The van der Waals surface area contributed by atoms with Crippen LogP contribution in [0.3, 0.4) is 0 Å². The van der Waals surface area contributed by atoms with E-state index in [0.29, 0.717) is 32.8 Å². The summed E-state index contributed by atoms with van der Waals surface area (Å²) < 4.78 is 4.90. The van der Waals surface area contributed by atoms with Gasteiger partial charge in [-0.15, -0.1) is 0 Å². The molecular formula is C12H23N3O4. The molecule has 0 unspecified atom stereocenters. The number of nitrogens with zero attached hydrogens (tertiary/aromatic N) is 2. The molecule has 0 radical (unpaired) electrons. The van der Waals surface area contributed by atoms with Crippen molar-refractivity contribution in [3.63, 3.8) is 0 Å². The van der Waals surface area contributed by atoms with Crippen LogP contribution in [0.25, 0.3) is 0 Å². The van der Waals surface area contributed by atoms with Crippen LogP contribution in [0.5, 0.6) is 0 Å². The van der Waals surface area contributed by atoms with E-state index in [1.54, 1.807) is 4.90 Å². The van der Waals surface area contributed by atoms with Gasteiger partial charge in [-0.1, -0.05) is 0 Å². The number of aliphatic hydroxyl groups is 1. The third kappa shape index (κ3) is 5.14. The highest BCUT2D eigenvalue weighted by Gasteiger charge is 2.26. The summed E-state index contributed by atoms with van der Waals surface area (Å²) in [6.45, 7) is 3.36. The van der Waals surface area contributed by atoms with Gasteiger partial charge in [0.25, 0.3) is 0 Å². The number of methoxy groups -OCH3 is 1. The lowest BCUT2D eigenvalue weighted by molar-refractivity contribution is -0.152. The van der Waals surface area contributed by atoms with Gasteiger partial charge in [-0.2, -0.15) is 0 Å². The first-order chi connectivity index (χ1) is 9.20. The van der Waals surface area contributed by atoms with E-state index < -0.39 is 11.8 Å². The highest BCUT2D eigenvalue weighted by Crippen LogP contribution is 2.00. The van der Waals surface area contributed by atoms with E-state index in [9.17, 15) is 9.59 Å². The van der Waals surface area contributed by atoms with Crippen LogP contribution in [-0.2, 0) is 14.3 Å². The molecule has 19 heavy (non-hydrogen) atoms. The van der Waals surface area contributed by atoms with Gasteiger partial charge in [-0.05, 0) is 13.0 Å².